The summed E-state index contributed by atoms with van der Waals surface area (Å²) in [5.41, 5.74) is 0.824. The molecule has 0 radical (unpaired) electrons. The third-order valence-corrected chi connectivity index (χ3v) is 3.11. The summed E-state index contributed by atoms with van der Waals surface area (Å²) in [5, 5.41) is 14.1. The first-order chi connectivity index (χ1) is 9.60. The molecule has 3 N–H and O–H groups in total. The molecule has 1 aliphatic rings. The van der Waals surface area contributed by atoms with E-state index in [-0.39, 0.29) is 12.5 Å². The van der Waals surface area contributed by atoms with Gasteiger partial charge in [0, 0.05) is 18.8 Å². The molecule has 0 aromatic carbocycles. The lowest BCUT2D eigenvalue weighted by Gasteiger charge is -2.14. The van der Waals surface area contributed by atoms with Crippen LogP contribution in [-0.2, 0) is 11.3 Å². The maximum atomic E-state index is 11.7. The van der Waals surface area contributed by atoms with Crippen LogP contribution in [0.4, 0.5) is 4.79 Å². The number of methoxy groups -OCH3 is 1. The number of pyridine rings is 1. The van der Waals surface area contributed by atoms with Gasteiger partial charge in [0.1, 0.15) is 6.04 Å². The number of carbonyl (C=O) groups excluding carboxylic acids is 1. The van der Waals surface area contributed by atoms with Gasteiger partial charge in [-0.1, -0.05) is 0 Å². The van der Waals surface area contributed by atoms with Gasteiger partial charge in [-0.3, -0.25) is 0 Å². The van der Waals surface area contributed by atoms with E-state index in [0.29, 0.717) is 5.88 Å². The van der Waals surface area contributed by atoms with E-state index < -0.39 is 18.0 Å². The van der Waals surface area contributed by atoms with Crippen molar-refractivity contribution in [2.24, 2.45) is 5.92 Å². The highest BCUT2D eigenvalue weighted by Gasteiger charge is 2.37. The molecule has 1 aromatic rings. The Kier molecular flexibility index (Phi) is 4.39. The van der Waals surface area contributed by atoms with Crippen LogP contribution in [0.3, 0.4) is 0 Å². The topological polar surface area (TPSA) is 101 Å². The number of ether oxygens (including phenoxy) is 1. The summed E-state index contributed by atoms with van der Waals surface area (Å²) < 4.78 is 4.98. The zero-order chi connectivity index (χ0) is 14.5. The molecule has 2 amide bonds. The molecule has 2 rings (SSSR count). The van der Waals surface area contributed by atoms with Gasteiger partial charge in [-0.05, 0) is 30.4 Å². The van der Waals surface area contributed by atoms with E-state index in [1.807, 2.05) is 0 Å². The number of nitrogens with zero attached hydrogens (tertiary/aromatic N) is 1. The number of carboxylic acids is 1. The minimum Gasteiger partial charge on any atom is -0.481 e. The average Bonchev–Trinajstić information content (AvgIpc) is 3.27. The summed E-state index contributed by atoms with van der Waals surface area (Å²) in [6.07, 6.45) is 3.27. The third-order valence-electron chi connectivity index (χ3n) is 3.11. The molecular formula is C13H17N3O4. The Balaban J connectivity index is 1.83. The molecular weight excluding hydrogens is 262 g/mol. The average molecular weight is 279 g/mol. The Morgan fingerprint density at radius 3 is 2.90 bits per heavy atom. The fraction of sp³-hybridized carbons (Fsp3) is 0.462. The lowest BCUT2D eigenvalue weighted by molar-refractivity contribution is -0.139. The summed E-state index contributed by atoms with van der Waals surface area (Å²) in [5.74, 6) is -0.474. The first-order valence-electron chi connectivity index (χ1n) is 6.36. The van der Waals surface area contributed by atoms with Crippen LogP contribution >= 0.6 is 0 Å². The monoisotopic (exact) mass is 279 g/mol. The highest BCUT2D eigenvalue weighted by Crippen LogP contribution is 2.32. The number of carboxylic acid groups (broad SMARTS) is 1. The molecule has 0 bridgehead atoms. The van der Waals surface area contributed by atoms with Crippen molar-refractivity contribution in [2.45, 2.75) is 25.4 Å². The second-order valence-corrected chi connectivity index (χ2v) is 4.69. The third kappa shape index (κ3) is 3.84. The van der Waals surface area contributed by atoms with Crippen molar-refractivity contribution in [3.05, 3.63) is 23.9 Å². The van der Waals surface area contributed by atoms with Gasteiger partial charge in [0.25, 0.3) is 0 Å². The minimum atomic E-state index is -0.992. The number of aliphatic carboxylic acids is 1. The Bertz CT molecular complexity index is 502. The molecule has 1 aliphatic carbocycles. The Hall–Kier alpha value is -2.31. The Morgan fingerprint density at radius 1 is 1.55 bits per heavy atom. The van der Waals surface area contributed by atoms with Gasteiger partial charge >= 0.3 is 12.0 Å². The molecule has 1 unspecified atom stereocenters. The summed E-state index contributed by atoms with van der Waals surface area (Å²) in [6.45, 7) is 0.279. The number of nitrogens with one attached hydrogen (secondary N) is 2. The standard InChI is InChI=1S/C13H17N3O4/c1-20-10-6-8(4-5-14-10)7-15-13(19)16-11(12(17)18)9-2-3-9/h4-6,9,11H,2-3,7H2,1H3,(H,17,18)(H2,15,16,19). The largest absolute Gasteiger partial charge is 0.481 e. The first kappa shape index (κ1) is 14.1. The number of rotatable bonds is 6. The summed E-state index contributed by atoms with van der Waals surface area (Å²) in [6, 6.07) is 2.16. The predicted molar refractivity (Wildman–Crippen MR) is 70.3 cm³/mol. The summed E-state index contributed by atoms with van der Waals surface area (Å²) >= 11 is 0. The van der Waals surface area contributed by atoms with Crippen molar-refractivity contribution < 1.29 is 19.4 Å². The molecule has 1 fully saturated rings. The quantitative estimate of drug-likeness (QED) is 0.713. The van der Waals surface area contributed by atoms with Gasteiger partial charge in [0.05, 0.1) is 7.11 Å². The highest BCUT2D eigenvalue weighted by molar-refractivity contribution is 5.83. The van der Waals surface area contributed by atoms with Crippen molar-refractivity contribution in [3.8, 4) is 5.88 Å². The minimum absolute atomic E-state index is 0.0549. The van der Waals surface area contributed by atoms with E-state index in [1.54, 1.807) is 18.3 Å². The molecule has 108 valence electrons. The van der Waals surface area contributed by atoms with Crippen LogP contribution in [0.15, 0.2) is 18.3 Å². The van der Waals surface area contributed by atoms with E-state index in [9.17, 15) is 9.59 Å². The van der Waals surface area contributed by atoms with Crippen molar-refractivity contribution in [1.29, 1.82) is 0 Å². The summed E-state index contributed by atoms with van der Waals surface area (Å²) in [7, 11) is 1.51. The SMILES string of the molecule is COc1cc(CNC(=O)NC(C(=O)O)C2CC2)ccn1. The van der Waals surface area contributed by atoms with Crippen LogP contribution in [0.5, 0.6) is 5.88 Å². The maximum absolute atomic E-state index is 11.7. The normalized spacial score (nSPS) is 15.2. The number of urea groups is 1. The van der Waals surface area contributed by atoms with Gasteiger partial charge in [0.2, 0.25) is 5.88 Å². The zero-order valence-electron chi connectivity index (χ0n) is 11.1. The second kappa shape index (κ2) is 6.23. The smallest absolute Gasteiger partial charge is 0.326 e. The van der Waals surface area contributed by atoms with Gasteiger partial charge in [-0.15, -0.1) is 0 Å². The molecule has 1 aromatic heterocycles. The number of amides is 2. The fourth-order valence-corrected chi connectivity index (χ4v) is 1.86. The van der Waals surface area contributed by atoms with Gasteiger partial charge in [-0.2, -0.15) is 0 Å². The van der Waals surface area contributed by atoms with E-state index in [1.165, 1.54) is 7.11 Å². The zero-order valence-corrected chi connectivity index (χ0v) is 11.1. The molecule has 7 heteroatoms. The Morgan fingerprint density at radius 2 is 2.30 bits per heavy atom. The molecule has 1 saturated carbocycles. The Labute approximate surface area is 116 Å². The van der Waals surface area contributed by atoms with E-state index >= 15 is 0 Å². The molecule has 1 atom stereocenters. The first-order valence-corrected chi connectivity index (χ1v) is 6.36. The number of hydrogen-bond acceptors (Lipinski definition) is 4. The van der Waals surface area contributed by atoms with Crippen LogP contribution in [0, 0.1) is 5.92 Å². The van der Waals surface area contributed by atoms with Crippen LogP contribution < -0.4 is 15.4 Å². The number of hydrogen-bond donors (Lipinski definition) is 3. The lowest BCUT2D eigenvalue weighted by atomic mass is 10.2. The van der Waals surface area contributed by atoms with Crippen molar-refractivity contribution >= 4 is 12.0 Å². The van der Waals surface area contributed by atoms with Crippen LogP contribution in [-0.4, -0.2) is 35.2 Å². The molecule has 7 nitrogen and oxygen atoms in total. The van der Waals surface area contributed by atoms with Crippen molar-refractivity contribution in [1.82, 2.24) is 15.6 Å². The summed E-state index contributed by atoms with van der Waals surface area (Å²) in [4.78, 5) is 26.7. The molecule has 20 heavy (non-hydrogen) atoms. The molecule has 0 saturated heterocycles. The van der Waals surface area contributed by atoms with Crippen LogP contribution in [0.25, 0.3) is 0 Å². The van der Waals surface area contributed by atoms with Crippen molar-refractivity contribution in [3.63, 3.8) is 0 Å². The van der Waals surface area contributed by atoms with Gasteiger partial charge < -0.3 is 20.5 Å². The van der Waals surface area contributed by atoms with Crippen molar-refractivity contribution in [2.75, 3.05) is 7.11 Å². The van der Waals surface area contributed by atoms with E-state index in [4.69, 9.17) is 9.84 Å². The van der Waals surface area contributed by atoms with Crippen LogP contribution in [0.1, 0.15) is 18.4 Å². The molecule has 1 heterocycles. The van der Waals surface area contributed by atoms with Crippen LogP contribution in [0.2, 0.25) is 0 Å². The fourth-order valence-electron chi connectivity index (χ4n) is 1.86. The second-order valence-electron chi connectivity index (χ2n) is 4.69. The molecule has 0 spiro atoms. The maximum Gasteiger partial charge on any atom is 0.326 e. The molecule has 0 aliphatic heterocycles. The lowest BCUT2D eigenvalue weighted by Crippen LogP contribution is -2.46. The van der Waals surface area contributed by atoms with E-state index in [0.717, 1.165) is 18.4 Å². The number of aromatic nitrogens is 1. The highest BCUT2D eigenvalue weighted by atomic mass is 16.5. The predicted octanol–water partition coefficient (Wildman–Crippen LogP) is 0.753. The van der Waals surface area contributed by atoms with Gasteiger partial charge in [-0.25, -0.2) is 14.6 Å². The van der Waals surface area contributed by atoms with Gasteiger partial charge in [0.15, 0.2) is 0 Å². The van der Waals surface area contributed by atoms with E-state index in [2.05, 4.69) is 15.6 Å². The number of carbonyl (C=O) groups is 2.